The van der Waals surface area contributed by atoms with E-state index in [2.05, 4.69) is 38.2 Å². The van der Waals surface area contributed by atoms with Gasteiger partial charge in [-0.3, -0.25) is 10.1 Å². The first-order chi connectivity index (χ1) is 10.1. The molecule has 7 heteroatoms. The number of para-hydroxylation sites is 1. The van der Waals surface area contributed by atoms with E-state index in [1.807, 2.05) is 6.07 Å². The highest BCUT2D eigenvalue weighted by atomic mass is 127. The lowest BCUT2D eigenvalue weighted by Gasteiger charge is -2.11. The van der Waals surface area contributed by atoms with Gasteiger partial charge in [0.2, 0.25) is 0 Å². The third-order valence-electron chi connectivity index (χ3n) is 2.55. The van der Waals surface area contributed by atoms with Crippen LogP contribution in [0.3, 0.4) is 0 Å². The van der Waals surface area contributed by atoms with Crippen molar-refractivity contribution in [1.82, 2.24) is 10.3 Å². The van der Waals surface area contributed by atoms with Gasteiger partial charge in [-0.15, -0.1) is 0 Å². The van der Waals surface area contributed by atoms with Gasteiger partial charge in [-0.2, -0.15) is 0 Å². The Labute approximate surface area is 141 Å². The summed E-state index contributed by atoms with van der Waals surface area (Å²) in [6.07, 6.45) is 1.70. The number of benzene rings is 1. The van der Waals surface area contributed by atoms with E-state index in [4.69, 9.17) is 17.0 Å². The van der Waals surface area contributed by atoms with Crippen LogP contribution in [0.4, 0.5) is 5.82 Å². The number of anilines is 1. The van der Waals surface area contributed by atoms with Gasteiger partial charge in [0.05, 0.1) is 12.7 Å². The molecule has 0 aliphatic rings. The number of aromatic nitrogens is 1. The molecule has 0 unspecified atom stereocenters. The smallest absolute Gasteiger partial charge is 0.261 e. The highest BCUT2D eigenvalue weighted by Crippen LogP contribution is 2.16. The number of hydrogen-bond acceptors (Lipinski definition) is 4. The second kappa shape index (κ2) is 7.32. The molecular weight excluding hydrogens is 401 g/mol. The number of hydrogen-bond donors (Lipinski definition) is 2. The van der Waals surface area contributed by atoms with Crippen molar-refractivity contribution in [3.8, 4) is 5.75 Å². The summed E-state index contributed by atoms with van der Waals surface area (Å²) in [4.78, 5) is 16.3. The lowest BCUT2D eigenvalue weighted by atomic mass is 10.2. The number of thiocarbonyl (C=S) groups is 1. The maximum atomic E-state index is 12.1. The molecule has 0 saturated heterocycles. The minimum atomic E-state index is -0.338. The number of carbonyl (C=O) groups excluding carboxylic acids is 1. The average Bonchev–Trinajstić information content (AvgIpc) is 2.49. The molecule has 0 atom stereocenters. The fraction of sp³-hybridized carbons (Fsp3) is 0.0714. The Morgan fingerprint density at radius 2 is 2.05 bits per heavy atom. The number of methoxy groups -OCH3 is 1. The maximum Gasteiger partial charge on any atom is 0.261 e. The molecule has 0 aliphatic heterocycles. The Balaban J connectivity index is 2.02. The van der Waals surface area contributed by atoms with Gasteiger partial charge < -0.3 is 10.1 Å². The van der Waals surface area contributed by atoms with Crippen molar-refractivity contribution in [2.24, 2.45) is 0 Å². The predicted octanol–water partition coefficient (Wildman–Crippen LogP) is 2.82. The summed E-state index contributed by atoms with van der Waals surface area (Å²) in [6, 6.07) is 10.6. The van der Waals surface area contributed by atoms with Crippen LogP contribution in [0.15, 0.2) is 42.6 Å². The number of pyridine rings is 1. The first kappa shape index (κ1) is 15.6. The number of nitrogens with one attached hydrogen (secondary N) is 2. The largest absolute Gasteiger partial charge is 0.496 e. The van der Waals surface area contributed by atoms with E-state index >= 15 is 0 Å². The maximum absolute atomic E-state index is 12.1. The molecule has 2 N–H and O–H groups in total. The number of ether oxygens (including phenoxy) is 1. The van der Waals surface area contributed by atoms with Gasteiger partial charge >= 0.3 is 0 Å². The number of nitrogens with zero attached hydrogens (tertiary/aromatic N) is 1. The van der Waals surface area contributed by atoms with Crippen molar-refractivity contribution >= 4 is 51.6 Å². The van der Waals surface area contributed by atoms with E-state index in [1.54, 1.807) is 36.5 Å². The van der Waals surface area contributed by atoms with Crippen molar-refractivity contribution in [2.75, 3.05) is 12.4 Å². The molecule has 0 radical (unpaired) electrons. The number of rotatable bonds is 3. The summed E-state index contributed by atoms with van der Waals surface area (Å²) >= 11 is 7.26. The van der Waals surface area contributed by atoms with E-state index in [0.29, 0.717) is 17.1 Å². The van der Waals surface area contributed by atoms with Gasteiger partial charge in [-0.25, -0.2) is 4.98 Å². The molecule has 1 heterocycles. The molecule has 2 aromatic rings. The quantitative estimate of drug-likeness (QED) is 0.599. The highest BCUT2D eigenvalue weighted by Gasteiger charge is 2.12. The molecule has 0 aliphatic carbocycles. The first-order valence-corrected chi connectivity index (χ1v) is 7.46. The van der Waals surface area contributed by atoms with Gasteiger partial charge in [-0.1, -0.05) is 12.1 Å². The fourth-order valence-electron chi connectivity index (χ4n) is 1.60. The molecule has 108 valence electrons. The molecule has 1 aromatic heterocycles. The van der Waals surface area contributed by atoms with E-state index < -0.39 is 0 Å². The number of halogens is 1. The third kappa shape index (κ3) is 4.36. The normalized spacial score (nSPS) is 9.81. The Hall–Kier alpha value is -1.74. The first-order valence-electron chi connectivity index (χ1n) is 5.97. The topological polar surface area (TPSA) is 63.2 Å². The number of carbonyl (C=O) groups is 1. The molecule has 5 nitrogen and oxygen atoms in total. The predicted molar refractivity (Wildman–Crippen MR) is 93.6 cm³/mol. The summed E-state index contributed by atoms with van der Waals surface area (Å²) < 4.78 is 6.16. The summed E-state index contributed by atoms with van der Waals surface area (Å²) in [5, 5.41) is 5.63. The van der Waals surface area contributed by atoms with E-state index in [1.165, 1.54) is 7.11 Å². The molecule has 2 rings (SSSR count). The van der Waals surface area contributed by atoms with E-state index in [-0.39, 0.29) is 11.0 Å². The molecule has 1 amide bonds. The van der Waals surface area contributed by atoms with Gasteiger partial charge in [0.25, 0.3) is 5.91 Å². The average molecular weight is 413 g/mol. The van der Waals surface area contributed by atoms with Gasteiger partial charge in [0.15, 0.2) is 5.11 Å². The molecule has 21 heavy (non-hydrogen) atoms. The van der Waals surface area contributed by atoms with Crippen molar-refractivity contribution in [3.05, 3.63) is 51.7 Å². The van der Waals surface area contributed by atoms with E-state index in [9.17, 15) is 4.79 Å². The summed E-state index contributed by atoms with van der Waals surface area (Å²) in [6.45, 7) is 0. The Morgan fingerprint density at radius 3 is 2.71 bits per heavy atom. The van der Waals surface area contributed by atoms with Gasteiger partial charge in [0.1, 0.15) is 11.6 Å². The second-order valence-corrected chi connectivity index (χ2v) is 5.62. The third-order valence-corrected chi connectivity index (χ3v) is 3.39. The lowest BCUT2D eigenvalue weighted by molar-refractivity contribution is 0.0975. The molecule has 0 saturated carbocycles. The van der Waals surface area contributed by atoms with Gasteiger partial charge in [0, 0.05) is 9.77 Å². The number of amides is 1. The minimum absolute atomic E-state index is 0.180. The minimum Gasteiger partial charge on any atom is -0.496 e. The fourth-order valence-corrected chi connectivity index (χ4v) is 2.12. The van der Waals surface area contributed by atoms with Crippen molar-refractivity contribution in [1.29, 1.82) is 0 Å². The zero-order valence-corrected chi connectivity index (χ0v) is 14.1. The van der Waals surface area contributed by atoms with E-state index in [0.717, 1.165) is 3.57 Å². The van der Waals surface area contributed by atoms with Crippen LogP contribution in [0.2, 0.25) is 0 Å². The summed E-state index contributed by atoms with van der Waals surface area (Å²) in [5.74, 6) is 0.724. The van der Waals surface area contributed by atoms with Crippen LogP contribution in [0, 0.1) is 3.57 Å². The zero-order chi connectivity index (χ0) is 15.2. The van der Waals surface area contributed by atoms with Crippen molar-refractivity contribution in [3.63, 3.8) is 0 Å². The zero-order valence-electron chi connectivity index (χ0n) is 11.1. The molecule has 0 fully saturated rings. The molecule has 0 spiro atoms. The van der Waals surface area contributed by atoms with Crippen molar-refractivity contribution < 1.29 is 9.53 Å². The van der Waals surface area contributed by atoms with Crippen LogP contribution in [0.5, 0.6) is 5.75 Å². The monoisotopic (exact) mass is 413 g/mol. The molecule has 1 aromatic carbocycles. The summed E-state index contributed by atoms with van der Waals surface area (Å²) in [7, 11) is 1.51. The van der Waals surface area contributed by atoms with Crippen LogP contribution in [-0.2, 0) is 0 Å². The Kier molecular flexibility index (Phi) is 5.45. The van der Waals surface area contributed by atoms with Crippen LogP contribution in [-0.4, -0.2) is 23.1 Å². The lowest BCUT2D eigenvalue weighted by Crippen LogP contribution is -2.34. The summed E-state index contributed by atoms with van der Waals surface area (Å²) in [5.41, 5.74) is 0.416. The Bertz CT molecular complexity index is 662. The Morgan fingerprint density at radius 1 is 1.29 bits per heavy atom. The molecule has 0 bridgehead atoms. The second-order valence-electron chi connectivity index (χ2n) is 3.97. The van der Waals surface area contributed by atoms with Crippen LogP contribution in [0.25, 0.3) is 0 Å². The van der Waals surface area contributed by atoms with Crippen LogP contribution in [0.1, 0.15) is 10.4 Å². The van der Waals surface area contributed by atoms with Crippen LogP contribution >= 0.6 is 34.8 Å². The standard InChI is InChI=1S/C14H12IN3O2S/c1-20-11-5-3-2-4-10(11)13(19)18-14(21)17-12-7-6-9(15)8-16-12/h2-8H,1H3,(H2,16,17,18,19,21). The van der Waals surface area contributed by atoms with Crippen LogP contribution < -0.4 is 15.4 Å². The van der Waals surface area contributed by atoms with Crippen molar-refractivity contribution in [2.45, 2.75) is 0 Å². The highest BCUT2D eigenvalue weighted by molar-refractivity contribution is 14.1. The SMILES string of the molecule is COc1ccccc1C(=O)NC(=S)Nc1ccc(I)cn1. The molecular formula is C14H12IN3O2S. The van der Waals surface area contributed by atoms with Gasteiger partial charge in [-0.05, 0) is 59.1 Å².